The average Bonchev–Trinajstić information content (AvgIpc) is 3.15. The molecule has 3 heteroatoms. The lowest BCUT2D eigenvalue weighted by molar-refractivity contribution is -0.131. The average molecular weight is 312 g/mol. The Kier molecular flexibility index (Phi) is 4.39. The summed E-state index contributed by atoms with van der Waals surface area (Å²) in [6.07, 6.45) is 8.12. The third kappa shape index (κ3) is 3.60. The first kappa shape index (κ1) is 15.2. The van der Waals surface area contributed by atoms with E-state index in [2.05, 4.69) is 40.5 Å². The second kappa shape index (κ2) is 6.64. The number of likely N-dealkylation sites (tertiary alicyclic amines) is 1. The van der Waals surface area contributed by atoms with Crippen molar-refractivity contribution in [1.82, 2.24) is 10.2 Å². The van der Waals surface area contributed by atoms with Gasteiger partial charge in [-0.2, -0.15) is 0 Å². The lowest BCUT2D eigenvalue weighted by Crippen LogP contribution is -2.40. The van der Waals surface area contributed by atoms with Crippen molar-refractivity contribution in [1.29, 1.82) is 0 Å². The number of rotatable bonds is 4. The largest absolute Gasteiger partial charge is 0.342 e. The van der Waals surface area contributed by atoms with Gasteiger partial charge in [0.25, 0.3) is 0 Å². The van der Waals surface area contributed by atoms with Crippen LogP contribution in [0.2, 0.25) is 0 Å². The van der Waals surface area contributed by atoms with Crippen LogP contribution in [0.5, 0.6) is 0 Å². The van der Waals surface area contributed by atoms with E-state index in [9.17, 15) is 4.79 Å². The van der Waals surface area contributed by atoms with E-state index in [1.807, 2.05) is 0 Å². The predicted octanol–water partition coefficient (Wildman–Crippen LogP) is 3.00. The molecule has 0 aliphatic carbocycles. The van der Waals surface area contributed by atoms with Gasteiger partial charge in [0.05, 0.1) is 0 Å². The fourth-order valence-electron chi connectivity index (χ4n) is 4.89. The molecule has 0 radical (unpaired) electrons. The summed E-state index contributed by atoms with van der Waals surface area (Å²) in [7, 11) is 0. The molecule has 3 saturated heterocycles. The third-order valence-electron chi connectivity index (χ3n) is 6.04. The minimum absolute atomic E-state index is 0.409. The van der Waals surface area contributed by atoms with Gasteiger partial charge in [0.2, 0.25) is 5.91 Å². The maximum Gasteiger partial charge on any atom is 0.222 e. The van der Waals surface area contributed by atoms with E-state index < -0.39 is 0 Å². The smallest absolute Gasteiger partial charge is 0.222 e. The van der Waals surface area contributed by atoms with Crippen LogP contribution in [0.3, 0.4) is 0 Å². The van der Waals surface area contributed by atoms with E-state index in [4.69, 9.17) is 0 Å². The van der Waals surface area contributed by atoms with E-state index in [-0.39, 0.29) is 0 Å². The summed E-state index contributed by atoms with van der Waals surface area (Å²) in [6.45, 7) is 1.93. The fourth-order valence-corrected chi connectivity index (χ4v) is 4.89. The SMILES string of the molecule is O=C(CC1CC2CCC(C1)N2)N1CCC(Cc2ccccc2)C1. The fraction of sp³-hybridized carbons (Fsp3) is 0.650. The number of fused-ring (bicyclic) bond motifs is 2. The number of hydrogen-bond donors (Lipinski definition) is 1. The Labute approximate surface area is 139 Å². The molecular weight excluding hydrogens is 284 g/mol. The standard InChI is InChI=1S/C20H28N2O/c23-20(13-17-11-18-6-7-19(12-17)21-18)22-9-8-16(14-22)10-15-4-2-1-3-5-15/h1-5,16-19,21H,6-14H2. The Morgan fingerprint density at radius 1 is 1.04 bits per heavy atom. The Morgan fingerprint density at radius 3 is 2.52 bits per heavy atom. The molecule has 3 atom stereocenters. The van der Waals surface area contributed by atoms with E-state index in [0.717, 1.165) is 32.4 Å². The van der Waals surface area contributed by atoms with E-state index >= 15 is 0 Å². The lowest BCUT2D eigenvalue weighted by Gasteiger charge is -2.30. The highest BCUT2D eigenvalue weighted by Crippen LogP contribution is 2.33. The van der Waals surface area contributed by atoms with E-state index in [1.54, 1.807) is 0 Å². The molecule has 1 aromatic rings. The van der Waals surface area contributed by atoms with Gasteiger partial charge in [-0.1, -0.05) is 30.3 Å². The minimum Gasteiger partial charge on any atom is -0.342 e. The number of carbonyl (C=O) groups excluding carboxylic acids is 1. The molecule has 3 aliphatic heterocycles. The van der Waals surface area contributed by atoms with Gasteiger partial charge < -0.3 is 10.2 Å². The highest BCUT2D eigenvalue weighted by molar-refractivity contribution is 5.76. The van der Waals surface area contributed by atoms with Crippen LogP contribution < -0.4 is 5.32 Å². The van der Waals surface area contributed by atoms with Crippen LogP contribution in [0, 0.1) is 11.8 Å². The summed E-state index contributed by atoms with van der Waals surface area (Å²) in [5.74, 6) is 1.67. The molecule has 0 aromatic heterocycles. The Bertz CT molecular complexity index is 532. The zero-order valence-corrected chi connectivity index (χ0v) is 13.9. The maximum atomic E-state index is 12.7. The van der Waals surface area contributed by atoms with Gasteiger partial charge in [-0.05, 0) is 55.9 Å². The second-order valence-electron chi connectivity index (χ2n) is 7.86. The minimum atomic E-state index is 0.409. The van der Waals surface area contributed by atoms with E-state index in [0.29, 0.717) is 29.8 Å². The molecule has 1 N–H and O–H groups in total. The quantitative estimate of drug-likeness (QED) is 0.927. The molecule has 124 valence electrons. The molecule has 0 spiro atoms. The molecule has 3 fully saturated rings. The summed E-state index contributed by atoms with van der Waals surface area (Å²) in [5.41, 5.74) is 1.40. The topological polar surface area (TPSA) is 32.3 Å². The molecule has 2 bridgehead atoms. The molecule has 0 saturated carbocycles. The van der Waals surface area contributed by atoms with Crippen LogP contribution in [-0.2, 0) is 11.2 Å². The van der Waals surface area contributed by atoms with Crippen molar-refractivity contribution < 1.29 is 4.79 Å². The molecule has 3 nitrogen and oxygen atoms in total. The van der Waals surface area contributed by atoms with Gasteiger partial charge >= 0.3 is 0 Å². The lowest BCUT2D eigenvalue weighted by atomic mass is 9.89. The van der Waals surface area contributed by atoms with Crippen molar-refractivity contribution in [3.8, 4) is 0 Å². The molecule has 1 aromatic carbocycles. The third-order valence-corrected chi connectivity index (χ3v) is 6.04. The van der Waals surface area contributed by atoms with Crippen LogP contribution >= 0.6 is 0 Å². The Balaban J connectivity index is 1.27. The highest BCUT2D eigenvalue weighted by Gasteiger charge is 2.35. The number of amides is 1. The van der Waals surface area contributed by atoms with Gasteiger partial charge in [-0.25, -0.2) is 0 Å². The Morgan fingerprint density at radius 2 is 1.78 bits per heavy atom. The first-order chi connectivity index (χ1) is 11.3. The van der Waals surface area contributed by atoms with Gasteiger partial charge in [0.1, 0.15) is 0 Å². The van der Waals surface area contributed by atoms with Gasteiger partial charge in [0.15, 0.2) is 0 Å². The number of nitrogens with one attached hydrogen (secondary N) is 1. The van der Waals surface area contributed by atoms with Gasteiger partial charge in [-0.3, -0.25) is 4.79 Å². The molecule has 3 heterocycles. The van der Waals surface area contributed by atoms with E-state index in [1.165, 1.54) is 31.2 Å². The van der Waals surface area contributed by atoms with Crippen LogP contribution in [0.1, 0.15) is 44.1 Å². The van der Waals surface area contributed by atoms with Gasteiger partial charge in [0, 0.05) is 31.6 Å². The maximum absolute atomic E-state index is 12.7. The highest BCUT2D eigenvalue weighted by atomic mass is 16.2. The molecule has 4 rings (SSSR count). The molecular formula is C20H28N2O. The number of carbonyl (C=O) groups is 1. The van der Waals surface area contributed by atoms with Crippen molar-refractivity contribution in [3.63, 3.8) is 0 Å². The number of piperidine rings is 1. The normalized spacial score (nSPS) is 33.1. The van der Waals surface area contributed by atoms with Crippen LogP contribution in [0.4, 0.5) is 0 Å². The summed E-state index contributed by atoms with van der Waals surface area (Å²) < 4.78 is 0. The first-order valence-electron chi connectivity index (χ1n) is 9.34. The first-order valence-corrected chi connectivity index (χ1v) is 9.34. The molecule has 3 aliphatic rings. The zero-order valence-electron chi connectivity index (χ0n) is 13.9. The van der Waals surface area contributed by atoms with Crippen molar-refractivity contribution in [3.05, 3.63) is 35.9 Å². The Hall–Kier alpha value is -1.35. The van der Waals surface area contributed by atoms with Gasteiger partial charge in [-0.15, -0.1) is 0 Å². The van der Waals surface area contributed by atoms with Crippen LogP contribution in [0.15, 0.2) is 30.3 Å². The molecule has 23 heavy (non-hydrogen) atoms. The number of hydrogen-bond acceptors (Lipinski definition) is 2. The van der Waals surface area contributed by atoms with Crippen molar-refractivity contribution in [2.24, 2.45) is 11.8 Å². The summed E-state index contributed by atoms with van der Waals surface area (Å²) in [4.78, 5) is 14.8. The zero-order chi connectivity index (χ0) is 15.6. The molecule has 3 unspecified atom stereocenters. The van der Waals surface area contributed by atoms with Crippen LogP contribution in [-0.4, -0.2) is 36.0 Å². The second-order valence-corrected chi connectivity index (χ2v) is 7.86. The summed E-state index contributed by atoms with van der Waals surface area (Å²) in [5, 5.41) is 3.67. The van der Waals surface area contributed by atoms with Crippen molar-refractivity contribution in [2.45, 2.75) is 57.0 Å². The van der Waals surface area contributed by atoms with Crippen LogP contribution in [0.25, 0.3) is 0 Å². The predicted molar refractivity (Wildman–Crippen MR) is 92.1 cm³/mol. The monoisotopic (exact) mass is 312 g/mol. The summed E-state index contributed by atoms with van der Waals surface area (Å²) in [6, 6.07) is 12.1. The molecule has 1 amide bonds. The number of benzene rings is 1. The summed E-state index contributed by atoms with van der Waals surface area (Å²) >= 11 is 0. The van der Waals surface area contributed by atoms with Crippen molar-refractivity contribution in [2.75, 3.05) is 13.1 Å². The van der Waals surface area contributed by atoms with Crippen molar-refractivity contribution >= 4 is 5.91 Å². The number of nitrogens with zero attached hydrogens (tertiary/aromatic N) is 1.